The fourth-order valence-electron chi connectivity index (χ4n) is 5.16. The van der Waals surface area contributed by atoms with Gasteiger partial charge in [0.15, 0.2) is 11.5 Å². The third-order valence-electron chi connectivity index (χ3n) is 7.57. The van der Waals surface area contributed by atoms with Crippen molar-refractivity contribution in [1.82, 2.24) is 15.2 Å². The summed E-state index contributed by atoms with van der Waals surface area (Å²) in [4.78, 5) is 7.03. The highest BCUT2D eigenvalue weighted by molar-refractivity contribution is 6.37. The molecule has 0 unspecified atom stereocenters. The van der Waals surface area contributed by atoms with E-state index >= 15 is 0 Å². The number of ether oxygens (including phenoxy) is 3. The second-order valence-corrected chi connectivity index (χ2v) is 10.7. The number of benzene rings is 2. The second-order valence-electron chi connectivity index (χ2n) is 9.92. The van der Waals surface area contributed by atoms with Gasteiger partial charge in [0.2, 0.25) is 0 Å². The van der Waals surface area contributed by atoms with E-state index in [1.165, 1.54) is 39.2 Å². The molecule has 8 nitrogen and oxygen atoms in total. The van der Waals surface area contributed by atoms with Crippen LogP contribution in [0.4, 0.5) is 11.4 Å². The number of aromatic nitrogens is 1. The summed E-state index contributed by atoms with van der Waals surface area (Å²) in [6, 6.07) is 9.17. The number of pyridine rings is 1. The van der Waals surface area contributed by atoms with Crippen LogP contribution in [0.5, 0.6) is 17.2 Å². The number of hydrogen-bond donors (Lipinski definition) is 2. The molecule has 2 fully saturated rings. The molecule has 0 amide bonds. The fourth-order valence-corrected chi connectivity index (χ4v) is 5.67. The van der Waals surface area contributed by atoms with E-state index in [9.17, 15) is 5.26 Å². The number of halogens is 2. The summed E-state index contributed by atoms with van der Waals surface area (Å²) in [5.74, 6) is 1.65. The molecule has 0 aliphatic carbocycles. The van der Waals surface area contributed by atoms with E-state index in [1.807, 2.05) is 12.1 Å². The molecule has 10 heteroatoms. The maximum atomic E-state index is 9.78. The zero-order valence-corrected chi connectivity index (χ0v) is 23.1. The number of methoxy groups -OCH3 is 2. The lowest BCUT2D eigenvalue weighted by molar-refractivity contribution is 0.0532. The molecule has 0 radical (unpaired) electrons. The van der Waals surface area contributed by atoms with Crippen LogP contribution in [0.15, 0.2) is 30.5 Å². The highest BCUT2D eigenvalue weighted by atomic mass is 35.5. The maximum Gasteiger partial charge on any atom is 0.163 e. The zero-order chi connectivity index (χ0) is 26.7. The molecule has 5 rings (SSSR count). The number of fused-ring (bicyclic) bond motifs is 1. The Bertz CT molecular complexity index is 1360. The summed E-state index contributed by atoms with van der Waals surface area (Å²) in [6.45, 7) is 6.26. The molecule has 1 aromatic heterocycles. The van der Waals surface area contributed by atoms with Gasteiger partial charge < -0.3 is 29.7 Å². The highest BCUT2D eigenvalue weighted by Crippen LogP contribution is 2.40. The summed E-state index contributed by atoms with van der Waals surface area (Å²) < 4.78 is 17.1. The molecule has 200 valence electrons. The Balaban J connectivity index is 1.32. The van der Waals surface area contributed by atoms with Crippen LogP contribution in [-0.4, -0.2) is 63.4 Å². The van der Waals surface area contributed by atoms with Gasteiger partial charge in [0.25, 0.3) is 0 Å². The third-order valence-corrected chi connectivity index (χ3v) is 8.18. The molecule has 2 aliphatic rings. The number of nitrogens with zero attached hydrogens (tertiary/aromatic N) is 3. The van der Waals surface area contributed by atoms with Crippen molar-refractivity contribution in [1.29, 1.82) is 5.26 Å². The molecule has 3 aromatic rings. The van der Waals surface area contributed by atoms with E-state index in [-0.39, 0.29) is 0 Å². The molecule has 1 spiro atoms. The average Bonchev–Trinajstić information content (AvgIpc) is 2.91. The van der Waals surface area contributed by atoms with E-state index in [0.717, 1.165) is 26.1 Å². The van der Waals surface area contributed by atoms with Crippen LogP contribution in [0.1, 0.15) is 24.8 Å². The normalized spacial score (nSPS) is 16.6. The second kappa shape index (κ2) is 11.4. The van der Waals surface area contributed by atoms with E-state index in [0.29, 0.717) is 67.2 Å². The van der Waals surface area contributed by atoms with E-state index in [1.54, 1.807) is 19.2 Å². The largest absolute Gasteiger partial charge is 0.495 e. The Morgan fingerprint density at radius 2 is 1.82 bits per heavy atom. The predicted molar refractivity (Wildman–Crippen MR) is 150 cm³/mol. The molecule has 0 atom stereocenters. The minimum Gasteiger partial charge on any atom is -0.495 e. The van der Waals surface area contributed by atoms with Crippen molar-refractivity contribution in [3.05, 3.63) is 46.1 Å². The van der Waals surface area contributed by atoms with Crippen LogP contribution in [0.2, 0.25) is 10.0 Å². The Labute approximate surface area is 232 Å². The summed E-state index contributed by atoms with van der Waals surface area (Å²) in [5, 5.41) is 18.0. The van der Waals surface area contributed by atoms with Gasteiger partial charge in [-0.2, -0.15) is 5.26 Å². The van der Waals surface area contributed by atoms with Crippen molar-refractivity contribution < 1.29 is 14.2 Å². The summed E-state index contributed by atoms with van der Waals surface area (Å²) in [6.07, 6.45) is 5.01. The molecule has 38 heavy (non-hydrogen) atoms. The van der Waals surface area contributed by atoms with Gasteiger partial charge in [0.1, 0.15) is 11.8 Å². The van der Waals surface area contributed by atoms with Crippen molar-refractivity contribution in [3.63, 3.8) is 0 Å². The Morgan fingerprint density at radius 1 is 1.05 bits per heavy atom. The predicted octanol–water partition coefficient (Wildman–Crippen LogP) is 5.63. The molecule has 0 bridgehead atoms. The fraction of sp³-hybridized carbons (Fsp3) is 0.429. The summed E-state index contributed by atoms with van der Waals surface area (Å²) in [7, 11) is 3.13. The first-order valence-corrected chi connectivity index (χ1v) is 13.5. The van der Waals surface area contributed by atoms with Crippen molar-refractivity contribution in [2.24, 2.45) is 5.41 Å². The maximum absolute atomic E-state index is 9.78. The zero-order valence-electron chi connectivity index (χ0n) is 21.6. The van der Waals surface area contributed by atoms with Crippen molar-refractivity contribution in [2.45, 2.75) is 19.3 Å². The van der Waals surface area contributed by atoms with Crippen molar-refractivity contribution >= 4 is 45.5 Å². The van der Waals surface area contributed by atoms with Gasteiger partial charge in [-0.1, -0.05) is 23.2 Å². The van der Waals surface area contributed by atoms with Gasteiger partial charge in [-0.3, -0.25) is 4.98 Å². The minimum absolute atomic E-state index is 0.360. The molecule has 2 saturated heterocycles. The number of hydrogen-bond acceptors (Lipinski definition) is 8. The Morgan fingerprint density at radius 3 is 2.47 bits per heavy atom. The molecule has 2 N–H and O–H groups in total. The first-order valence-electron chi connectivity index (χ1n) is 12.7. The van der Waals surface area contributed by atoms with Crippen LogP contribution in [0.25, 0.3) is 10.9 Å². The first-order chi connectivity index (χ1) is 18.4. The van der Waals surface area contributed by atoms with Crippen LogP contribution in [-0.2, 0) is 0 Å². The van der Waals surface area contributed by atoms with Crippen LogP contribution < -0.4 is 24.8 Å². The van der Waals surface area contributed by atoms with E-state index in [4.69, 9.17) is 37.4 Å². The molecule has 2 aliphatic heterocycles. The standard InChI is InChI=1S/C28H31Cl2N5O3/c1-36-24-13-23(20(29)11-21(24)30)34-27-18(14-31)15-33-22-12-26(25(37-2)10-19(22)27)38-9-3-6-35-7-4-28(5-8-35)16-32-17-28/h10-13,15,32H,3-9,16-17H2,1-2H3,(H,33,34). The van der Waals surface area contributed by atoms with Gasteiger partial charge in [-0.15, -0.1) is 0 Å². The van der Waals surface area contributed by atoms with Gasteiger partial charge in [-0.05, 0) is 49.9 Å². The van der Waals surface area contributed by atoms with Gasteiger partial charge in [0, 0.05) is 43.4 Å². The Hall–Kier alpha value is -2.96. The topological polar surface area (TPSA) is 91.7 Å². The molecule has 2 aromatic carbocycles. The number of rotatable bonds is 9. The number of nitriles is 1. The van der Waals surface area contributed by atoms with E-state index < -0.39 is 0 Å². The average molecular weight is 556 g/mol. The summed E-state index contributed by atoms with van der Waals surface area (Å²) >= 11 is 12.6. The van der Waals surface area contributed by atoms with Crippen molar-refractivity contribution in [3.8, 4) is 23.3 Å². The number of likely N-dealkylation sites (tertiary alicyclic amines) is 1. The van der Waals surface area contributed by atoms with Gasteiger partial charge in [-0.25, -0.2) is 0 Å². The van der Waals surface area contributed by atoms with Crippen LogP contribution in [0.3, 0.4) is 0 Å². The third kappa shape index (κ3) is 5.43. The van der Waals surface area contributed by atoms with Crippen LogP contribution in [0, 0.1) is 16.7 Å². The number of anilines is 2. The lowest BCUT2D eigenvalue weighted by atomic mass is 9.73. The Kier molecular flexibility index (Phi) is 8.01. The molecular formula is C28H31Cl2N5O3. The number of piperidine rings is 1. The summed E-state index contributed by atoms with van der Waals surface area (Å²) in [5.41, 5.74) is 2.68. The molecule has 3 heterocycles. The van der Waals surface area contributed by atoms with Crippen molar-refractivity contribution in [2.75, 3.05) is 58.9 Å². The minimum atomic E-state index is 0.360. The first kappa shape index (κ1) is 26.6. The van der Waals surface area contributed by atoms with Crippen LogP contribution >= 0.6 is 23.2 Å². The SMILES string of the molecule is COc1cc(Nc2c(C#N)cnc3cc(OCCCN4CCC5(CC4)CNC5)c(OC)cc23)c(Cl)cc1Cl. The smallest absolute Gasteiger partial charge is 0.163 e. The molecular weight excluding hydrogens is 525 g/mol. The number of nitrogens with one attached hydrogen (secondary N) is 2. The van der Waals surface area contributed by atoms with Gasteiger partial charge >= 0.3 is 0 Å². The van der Waals surface area contributed by atoms with E-state index in [2.05, 4.69) is 26.6 Å². The highest BCUT2D eigenvalue weighted by Gasteiger charge is 2.39. The van der Waals surface area contributed by atoms with Gasteiger partial charge in [0.05, 0.1) is 53.3 Å². The lowest BCUT2D eigenvalue weighted by Crippen LogP contribution is -2.58. The molecule has 0 saturated carbocycles. The quantitative estimate of drug-likeness (QED) is 0.328. The monoisotopic (exact) mass is 555 g/mol. The lowest BCUT2D eigenvalue weighted by Gasteiger charge is -2.48.